The van der Waals surface area contributed by atoms with Crippen LogP contribution in [0.5, 0.6) is 11.5 Å². The second kappa shape index (κ2) is 14.8. The molecule has 1 aliphatic heterocycles. The van der Waals surface area contributed by atoms with E-state index in [9.17, 15) is 31.5 Å². The van der Waals surface area contributed by atoms with Gasteiger partial charge in [-0.15, -0.1) is 0 Å². The standard InChI is InChI=1S/C32H47N3O10S2/c1-21(2)18-35(47(41,42)23-14-15-26-27(17-23)44-20-43-26)19-25(36)24(16-22-12-10-9-11-13-22)33-29(37)28(32(6,7)46(8,39)40)34-30(38)45-31(3,4)5/h9-15,17,21,24-25,28,36H,16,18-20H2,1-8H3,(H,33,37)(H,34,38)/t24-,25+,28+/m0/s1. The highest BCUT2D eigenvalue weighted by Gasteiger charge is 2.46. The molecule has 0 aromatic heterocycles. The number of nitrogens with zero attached hydrogens (tertiary/aromatic N) is 1. The molecule has 0 radical (unpaired) electrons. The molecule has 0 fully saturated rings. The van der Waals surface area contributed by atoms with Gasteiger partial charge in [-0.05, 0) is 64.7 Å². The van der Waals surface area contributed by atoms with Gasteiger partial charge in [0.15, 0.2) is 21.3 Å². The lowest BCUT2D eigenvalue weighted by Gasteiger charge is -2.35. The minimum Gasteiger partial charge on any atom is -0.454 e. The van der Waals surface area contributed by atoms with Crippen molar-refractivity contribution in [3.8, 4) is 11.5 Å². The highest BCUT2D eigenvalue weighted by Crippen LogP contribution is 2.35. The van der Waals surface area contributed by atoms with Crippen LogP contribution in [0.1, 0.15) is 54.0 Å². The Hall–Kier alpha value is -3.40. The van der Waals surface area contributed by atoms with Crippen molar-refractivity contribution < 1.29 is 45.7 Å². The number of rotatable bonds is 14. The van der Waals surface area contributed by atoms with Gasteiger partial charge in [0.2, 0.25) is 22.7 Å². The Morgan fingerprint density at radius 2 is 1.55 bits per heavy atom. The van der Waals surface area contributed by atoms with Crippen LogP contribution in [0.25, 0.3) is 0 Å². The van der Waals surface area contributed by atoms with Crippen LogP contribution < -0.4 is 20.1 Å². The molecule has 47 heavy (non-hydrogen) atoms. The molecular formula is C32H47N3O10S2. The van der Waals surface area contributed by atoms with E-state index in [0.717, 1.165) is 10.6 Å². The molecule has 0 unspecified atom stereocenters. The van der Waals surface area contributed by atoms with Crippen LogP contribution in [0.3, 0.4) is 0 Å². The van der Waals surface area contributed by atoms with Gasteiger partial charge in [-0.1, -0.05) is 44.2 Å². The first-order valence-electron chi connectivity index (χ1n) is 15.2. The van der Waals surface area contributed by atoms with Crippen molar-refractivity contribution in [2.24, 2.45) is 5.92 Å². The molecule has 0 spiro atoms. The summed E-state index contributed by atoms with van der Waals surface area (Å²) < 4.78 is 68.8. The van der Waals surface area contributed by atoms with Crippen LogP contribution in [-0.4, -0.2) is 92.9 Å². The summed E-state index contributed by atoms with van der Waals surface area (Å²) >= 11 is 0. The fraction of sp³-hybridized carbons (Fsp3) is 0.562. The van der Waals surface area contributed by atoms with Crippen molar-refractivity contribution >= 4 is 31.9 Å². The summed E-state index contributed by atoms with van der Waals surface area (Å²) in [4.78, 5) is 26.6. The van der Waals surface area contributed by atoms with E-state index in [0.29, 0.717) is 11.3 Å². The van der Waals surface area contributed by atoms with Crippen molar-refractivity contribution in [1.82, 2.24) is 14.9 Å². The number of fused-ring (bicyclic) bond motifs is 1. The molecule has 2 amide bonds. The average molecular weight is 698 g/mol. The fourth-order valence-electron chi connectivity index (χ4n) is 4.81. The van der Waals surface area contributed by atoms with E-state index in [1.54, 1.807) is 51.1 Å². The molecule has 3 rings (SSSR count). The monoisotopic (exact) mass is 697 g/mol. The van der Waals surface area contributed by atoms with Crippen molar-refractivity contribution in [2.75, 3.05) is 26.1 Å². The average Bonchev–Trinajstić information content (AvgIpc) is 3.42. The number of hydrogen-bond donors (Lipinski definition) is 3. The molecule has 0 saturated carbocycles. The number of carbonyl (C=O) groups excluding carboxylic acids is 2. The van der Waals surface area contributed by atoms with Crippen molar-refractivity contribution in [3.63, 3.8) is 0 Å². The largest absolute Gasteiger partial charge is 0.454 e. The van der Waals surface area contributed by atoms with Gasteiger partial charge in [0.05, 0.1) is 21.8 Å². The normalized spacial score (nSPS) is 15.6. The first-order chi connectivity index (χ1) is 21.6. The Labute approximate surface area is 277 Å². The number of sulfone groups is 1. The number of nitrogens with one attached hydrogen (secondary N) is 2. The molecule has 13 nitrogen and oxygen atoms in total. The number of amides is 2. The van der Waals surface area contributed by atoms with Crippen LogP contribution in [0.15, 0.2) is 53.4 Å². The Balaban J connectivity index is 1.98. The number of hydrogen-bond acceptors (Lipinski definition) is 10. The van der Waals surface area contributed by atoms with Gasteiger partial charge in [0.1, 0.15) is 11.6 Å². The maximum Gasteiger partial charge on any atom is 0.408 e. The smallest absolute Gasteiger partial charge is 0.408 e. The summed E-state index contributed by atoms with van der Waals surface area (Å²) in [6, 6.07) is 10.4. The summed E-state index contributed by atoms with van der Waals surface area (Å²) in [5.41, 5.74) is -0.222. The lowest BCUT2D eigenvalue weighted by Crippen LogP contribution is -2.63. The van der Waals surface area contributed by atoms with Crippen LogP contribution in [-0.2, 0) is 35.8 Å². The van der Waals surface area contributed by atoms with Crippen LogP contribution in [0, 0.1) is 5.92 Å². The third-order valence-corrected chi connectivity index (χ3v) is 11.6. The minimum absolute atomic E-state index is 0.0337. The molecule has 262 valence electrons. The Bertz CT molecular complexity index is 1620. The molecule has 1 aliphatic rings. The van der Waals surface area contributed by atoms with E-state index in [-0.39, 0.29) is 36.3 Å². The highest BCUT2D eigenvalue weighted by molar-refractivity contribution is 7.92. The zero-order chi connectivity index (χ0) is 35.4. The second-order valence-corrected chi connectivity index (χ2v) is 18.1. The number of aliphatic hydroxyl groups is 1. The third-order valence-electron chi connectivity index (χ3n) is 7.61. The Morgan fingerprint density at radius 1 is 0.936 bits per heavy atom. The van der Waals surface area contributed by atoms with Gasteiger partial charge in [-0.2, -0.15) is 4.31 Å². The van der Waals surface area contributed by atoms with E-state index in [4.69, 9.17) is 14.2 Å². The molecule has 3 atom stereocenters. The molecule has 2 aromatic carbocycles. The molecule has 2 aromatic rings. The molecule has 1 heterocycles. The quantitative estimate of drug-likeness (QED) is 0.266. The lowest BCUT2D eigenvalue weighted by atomic mass is 9.98. The number of ether oxygens (including phenoxy) is 3. The number of alkyl carbamates (subject to hydrolysis) is 1. The van der Waals surface area contributed by atoms with E-state index < -0.39 is 66.9 Å². The van der Waals surface area contributed by atoms with Gasteiger partial charge in [0.25, 0.3) is 0 Å². The molecule has 0 aliphatic carbocycles. The van der Waals surface area contributed by atoms with Crippen molar-refractivity contribution in [2.45, 2.75) is 88.3 Å². The van der Waals surface area contributed by atoms with Gasteiger partial charge >= 0.3 is 6.09 Å². The minimum atomic E-state index is -4.17. The lowest BCUT2D eigenvalue weighted by molar-refractivity contribution is -0.125. The molecule has 0 saturated heterocycles. The summed E-state index contributed by atoms with van der Waals surface area (Å²) in [7, 11) is -8.11. The van der Waals surface area contributed by atoms with E-state index >= 15 is 0 Å². The molecular weight excluding hydrogens is 650 g/mol. The number of sulfonamides is 1. The summed E-state index contributed by atoms with van der Waals surface area (Å²) in [6.07, 6.45) is -1.46. The first kappa shape index (κ1) is 38.1. The first-order valence-corrected chi connectivity index (χ1v) is 18.6. The van der Waals surface area contributed by atoms with Gasteiger partial charge in [-0.3, -0.25) is 4.79 Å². The van der Waals surface area contributed by atoms with Gasteiger partial charge in [-0.25, -0.2) is 21.6 Å². The van der Waals surface area contributed by atoms with Gasteiger partial charge < -0.3 is 30.0 Å². The third kappa shape index (κ3) is 10.0. The number of aliphatic hydroxyl groups excluding tert-OH is 1. The predicted octanol–water partition coefficient (Wildman–Crippen LogP) is 2.87. The van der Waals surface area contributed by atoms with Gasteiger partial charge in [0, 0.05) is 25.4 Å². The zero-order valence-electron chi connectivity index (χ0n) is 28.1. The zero-order valence-corrected chi connectivity index (χ0v) is 29.8. The van der Waals surface area contributed by atoms with E-state index in [1.165, 1.54) is 32.0 Å². The number of carbonyl (C=O) groups is 2. The predicted molar refractivity (Wildman–Crippen MR) is 176 cm³/mol. The van der Waals surface area contributed by atoms with Crippen LogP contribution in [0.4, 0.5) is 4.79 Å². The van der Waals surface area contributed by atoms with Crippen molar-refractivity contribution in [1.29, 1.82) is 0 Å². The summed E-state index contributed by atoms with van der Waals surface area (Å²) in [5.74, 6) is -0.342. The van der Waals surface area contributed by atoms with Crippen LogP contribution in [0.2, 0.25) is 0 Å². The van der Waals surface area contributed by atoms with Crippen molar-refractivity contribution in [3.05, 3.63) is 54.1 Å². The Kier molecular flexibility index (Phi) is 12.0. The summed E-state index contributed by atoms with van der Waals surface area (Å²) in [5, 5.41) is 16.8. The SMILES string of the molecule is CC(C)CN(C[C@@H](O)[C@H](Cc1ccccc1)NC(=O)[C@@H](NC(=O)OC(C)(C)C)C(C)(C)S(C)(=O)=O)S(=O)(=O)c1ccc2c(c1)OCO2. The molecule has 0 bridgehead atoms. The van der Waals surface area contributed by atoms with E-state index in [1.807, 2.05) is 13.8 Å². The summed E-state index contributed by atoms with van der Waals surface area (Å²) in [6.45, 7) is 10.7. The number of benzene rings is 2. The van der Waals surface area contributed by atoms with E-state index in [2.05, 4.69) is 10.6 Å². The fourth-order valence-corrected chi connectivity index (χ4v) is 7.04. The molecule has 15 heteroatoms. The topological polar surface area (TPSA) is 178 Å². The maximum atomic E-state index is 13.9. The highest BCUT2D eigenvalue weighted by atomic mass is 32.2. The second-order valence-electron chi connectivity index (χ2n) is 13.6. The Morgan fingerprint density at radius 3 is 2.13 bits per heavy atom. The van der Waals surface area contributed by atoms with Crippen LogP contribution >= 0.6 is 0 Å². The molecule has 3 N–H and O–H groups in total. The maximum absolute atomic E-state index is 13.9.